The van der Waals surface area contributed by atoms with Crippen molar-refractivity contribution in [3.63, 3.8) is 0 Å². The summed E-state index contributed by atoms with van der Waals surface area (Å²) in [5, 5.41) is 14.9. The number of hydrogen-bond acceptors (Lipinski definition) is 3. The van der Waals surface area contributed by atoms with Crippen molar-refractivity contribution in [1.82, 2.24) is 10.6 Å². The number of hydrogen-bond donors (Lipinski definition) is 3. The van der Waals surface area contributed by atoms with E-state index in [1.54, 1.807) is 7.11 Å². The Morgan fingerprint density at radius 1 is 1.25 bits per heavy atom. The van der Waals surface area contributed by atoms with Crippen LogP contribution in [0.4, 0.5) is 4.79 Å². The van der Waals surface area contributed by atoms with Gasteiger partial charge >= 0.3 is 6.03 Å². The zero-order chi connectivity index (χ0) is 14.8. The van der Waals surface area contributed by atoms with Gasteiger partial charge in [0, 0.05) is 20.2 Å². The predicted octanol–water partition coefficient (Wildman–Crippen LogP) is 1.79. The maximum atomic E-state index is 11.5. The first-order valence-electron chi connectivity index (χ1n) is 6.92. The van der Waals surface area contributed by atoms with E-state index in [1.807, 2.05) is 31.2 Å². The highest BCUT2D eigenvalue weighted by atomic mass is 16.5. The van der Waals surface area contributed by atoms with Crippen LogP contribution < -0.4 is 10.6 Å². The Kier molecular flexibility index (Phi) is 7.69. The average Bonchev–Trinajstić information content (AvgIpc) is 2.46. The highest BCUT2D eigenvalue weighted by Crippen LogP contribution is 2.05. The fourth-order valence-corrected chi connectivity index (χ4v) is 1.72. The lowest BCUT2D eigenvalue weighted by Crippen LogP contribution is -2.36. The molecule has 1 unspecified atom stereocenters. The van der Waals surface area contributed by atoms with Gasteiger partial charge < -0.3 is 20.5 Å². The lowest BCUT2D eigenvalue weighted by molar-refractivity contribution is 0.160. The Morgan fingerprint density at radius 3 is 2.50 bits per heavy atom. The van der Waals surface area contributed by atoms with Gasteiger partial charge in [0.05, 0.1) is 12.7 Å². The predicted molar refractivity (Wildman–Crippen MR) is 78.3 cm³/mol. The second-order valence-electron chi connectivity index (χ2n) is 4.71. The zero-order valence-corrected chi connectivity index (χ0v) is 12.2. The van der Waals surface area contributed by atoms with Crippen molar-refractivity contribution in [2.45, 2.75) is 39.0 Å². The standard InChI is InChI=1S/C15H24N2O3/c1-3-14(18)8-9-16-15(19)17-10-12-4-6-13(7-5-12)11-20-2/h4-7,14,18H,3,8-11H2,1-2H3,(H2,16,17,19). The van der Waals surface area contributed by atoms with Crippen LogP contribution in [-0.2, 0) is 17.9 Å². The van der Waals surface area contributed by atoms with Crippen molar-refractivity contribution in [2.24, 2.45) is 0 Å². The summed E-state index contributed by atoms with van der Waals surface area (Å²) in [4.78, 5) is 11.5. The largest absolute Gasteiger partial charge is 0.393 e. The molecule has 1 aromatic rings. The quantitative estimate of drug-likeness (QED) is 0.680. The number of rotatable bonds is 8. The molecule has 0 spiro atoms. The number of carbonyl (C=O) groups excluding carboxylic acids is 1. The van der Waals surface area contributed by atoms with E-state index in [9.17, 15) is 9.90 Å². The molecule has 0 saturated carbocycles. The maximum Gasteiger partial charge on any atom is 0.315 e. The van der Waals surface area contributed by atoms with Crippen molar-refractivity contribution in [1.29, 1.82) is 0 Å². The highest BCUT2D eigenvalue weighted by Gasteiger charge is 2.03. The van der Waals surface area contributed by atoms with Gasteiger partial charge in [0.15, 0.2) is 0 Å². The van der Waals surface area contributed by atoms with E-state index >= 15 is 0 Å². The lowest BCUT2D eigenvalue weighted by Gasteiger charge is -2.10. The number of ether oxygens (including phenoxy) is 1. The van der Waals surface area contributed by atoms with Crippen molar-refractivity contribution >= 4 is 6.03 Å². The number of aliphatic hydroxyl groups excluding tert-OH is 1. The van der Waals surface area contributed by atoms with E-state index in [0.717, 1.165) is 11.1 Å². The maximum absolute atomic E-state index is 11.5. The van der Waals surface area contributed by atoms with Gasteiger partial charge in [-0.1, -0.05) is 31.2 Å². The monoisotopic (exact) mass is 280 g/mol. The Balaban J connectivity index is 2.23. The Morgan fingerprint density at radius 2 is 1.90 bits per heavy atom. The molecule has 0 fully saturated rings. The number of urea groups is 1. The number of aliphatic hydroxyl groups is 1. The van der Waals surface area contributed by atoms with Crippen LogP contribution in [0, 0.1) is 0 Å². The SMILES string of the molecule is CCC(O)CCNC(=O)NCc1ccc(COC)cc1. The van der Waals surface area contributed by atoms with Gasteiger partial charge in [0.2, 0.25) is 0 Å². The molecule has 3 N–H and O–H groups in total. The fourth-order valence-electron chi connectivity index (χ4n) is 1.72. The smallest absolute Gasteiger partial charge is 0.315 e. The van der Waals surface area contributed by atoms with Gasteiger partial charge in [-0.05, 0) is 24.0 Å². The van der Waals surface area contributed by atoms with Crippen LogP contribution in [0.3, 0.4) is 0 Å². The number of amides is 2. The minimum Gasteiger partial charge on any atom is -0.393 e. The minimum atomic E-state index is -0.344. The molecule has 2 amide bonds. The average molecular weight is 280 g/mol. The molecule has 20 heavy (non-hydrogen) atoms. The van der Waals surface area contributed by atoms with Gasteiger partial charge in [0.25, 0.3) is 0 Å². The summed E-state index contributed by atoms with van der Waals surface area (Å²) in [5.74, 6) is 0. The van der Waals surface area contributed by atoms with E-state index in [2.05, 4.69) is 10.6 Å². The summed E-state index contributed by atoms with van der Waals surface area (Å²) in [6.45, 7) is 3.47. The van der Waals surface area contributed by atoms with Crippen LogP contribution in [0.2, 0.25) is 0 Å². The molecule has 0 bridgehead atoms. The van der Waals surface area contributed by atoms with Crippen molar-refractivity contribution in [3.05, 3.63) is 35.4 Å². The van der Waals surface area contributed by atoms with Crippen LogP contribution >= 0.6 is 0 Å². The first-order chi connectivity index (χ1) is 9.65. The Hall–Kier alpha value is -1.59. The lowest BCUT2D eigenvalue weighted by atomic mass is 10.1. The molecular weight excluding hydrogens is 256 g/mol. The number of nitrogens with one attached hydrogen (secondary N) is 2. The van der Waals surface area contributed by atoms with Crippen LogP contribution in [0.15, 0.2) is 24.3 Å². The van der Waals surface area contributed by atoms with Crippen molar-refractivity contribution in [3.8, 4) is 0 Å². The molecule has 1 aromatic carbocycles. The molecule has 0 aliphatic heterocycles. The second-order valence-corrected chi connectivity index (χ2v) is 4.71. The third-order valence-electron chi connectivity index (χ3n) is 3.02. The number of methoxy groups -OCH3 is 1. The Labute approximate surface area is 120 Å². The van der Waals surface area contributed by atoms with Gasteiger partial charge in [-0.15, -0.1) is 0 Å². The molecule has 5 nitrogen and oxygen atoms in total. The summed E-state index contributed by atoms with van der Waals surface area (Å²) < 4.78 is 5.04. The Bertz CT molecular complexity index is 393. The van der Waals surface area contributed by atoms with Crippen molar-refractivity contribution in [2.75, 3.05) is 13.7 Å². The van der Waals surface area contributed by atoms with Gasteiger partial charge in [-0.25, -0.2) is 4.79 Å². The molecule has 0 saturated heterocycles. The van der Waals surface area contributed by atoms with E-state index in [0.29, 0.717) is 32.5 Å². The van der Waals surface area contributed by atoms with Gasteiger partial charge in [0.1, 0.15) is 0 Å². The van der Waals surface area contributed by atoms with Gasteiger partial charge in [-0.2, -0.15) is 0 Å². The highest BCUT2D eigenvalue weighted by molar-refractivity contribution is 5.73. The van der Waals surface area contributed by atoms with E-state index < -0.39 is 0 Å². The molecule has 112 valence electrons. The molecule has 0 heterocycles. The van der Waals surface area contributed by atoms with Crippen molar-refractivity contribution < 1.29 is 14.6 Å². The molecule has 5 heteroatoms. The topological polar surface area (TPSA) is 70.6 Å². The molecule has 0 aliphatic carbocycles. The summed E-state index contributed by atoms with van der Waals surface area (Å²) in [5.41, 5.74) is 2.14. The van der Waals surface area contributed by atoms with E-state index in [4.69, 9.17) is 4.74 Å². The molecule has 1 atom stereocenters. The molecule has 1 rings (SSSR count). The fraction of sp³-hybridized carbons (Fsp3) is 0.533. The number of benzene rings is 1. The summed E-state index contributed by atoms with van der Waals surface area (Å²) in [6, 6.07) is 7.69. The number of carbonyl (C=O) groups is 1. The van der Waals surface area contributed by atoms with Crippen LogP contribution in [0.1, 0.15) is 30.9 Å². The van der Waals surface area contributed by atoms with Crippen LogP contribution in [-0.4, -0.2) is 30.9 Å². The van der Waals surface area contributed by atoms with Crippen LogP contribution in [0.5, 0.6) is 0 Å². The molecular formula is C15H24N2O3. The molecule has 0 aliphatic rings. The first-order valence-corrected chi connectivity index (χ1v) is 6.92. The third-order valence-corrected chi connectivity index (χ3v) is 3.02. The van der Waals surface area contributed by atoms with Gasteiger partial charge in [-0.3, -0.25) is 0 Å². The van der Waals surface area contributed by atoms with E-state index in [-0.39, 0.29) is 12.1 Å². The summed E-state index contributed by atoms with van der Waals surface area (Å²) in [6.07, 6.45) is 0.941. The normalized spacial score (nSPS) is 11.9. The van der Waals surface area contributed by atoms with E-state index in [1.165, 1.54) is 0 Å². The third kappa shape index (κ3) is 6.54. The minimum absolute atomic E-state index is 0.214. The second kappa shape index (κ2) is 9.34. The molecule has 0 radical (unpaired) electrons. The zero-order valence-electron chi connectivity index (χ0n) is 12.2. The molecule has 0 aromatic heterocycles. The summed E-state index contributed by atoms with van der Waals surface area (Å²) in [7, 11) is 1.66. The van der Waals surface area contributed by atoms with Crippen LogP contribution in [0.25, 0.3) is 0 Å². The first kappa shape index (κ1) is 16.5. The summed E-state index contributed by atoms with van der Waals surface area (Å²) >= 11 is 0.